The number of carbonyl (C=O) groups excluding carboxylic acids is 2. The summed E-state index contributed by atoms with van der Waals surface area (Å²) in [4.78, 5) is 43.8. The van der Waals surface area contributed by atoms with Gasteiger partial charge in [0.1, 0.15) is 12.2 Å². The zero-order chi connectivity index (χ0) is 29.2. The molecule has 40 heavy (non-hydrogen) atoms. The Morgan fingerprint density at radius 2 is 1.98 bits per heavy atom. The number of nitrogens with one attached hydrogen (secondary N) is 1. The third kappa shape index (κ3) is 4.94. The van der Waals surface area contributed by atoms with Crippen LogP contribution in [0.4, 0.5) is 4.79 Å². The first-order chi connectivity index (χ1) is 18.6. The molecule has 2 aromatic heterocycles. The van der Waals surface area contributed by atoms with Crippen molar-refractivity contribution in [1.29, 1.82) is 0 Å². The van der Waals surface area contributed by atoms with Gasteiger partial charge in [-0.2, -0.15) is 0 Å². The second kappa shape index (κ2) is 9.55. The fourth-order valence-electron chi connectivity index (χ4n) is 5.63. The second-order valence-electron chi connectivity index (χ2n) is 13.0. The van der Waals surface area contributed by atoms with Crippen molar-refractivity contribution in [2.24, 2.45) is 0 Å². The number of benzene rings is 1. The molecule has 9 nitrogen and oxygen atoms in total. The van der Waals surface area contributed by atoms with Crippen molar-refractivity contribution in [3.63, 3.8) is 0 Å². The van der Waals surface area contributed by atoms with E-state index in [-0.39, 0.29) is 24.6 Å². The van der Waals surface area contributed by atoms with E-state index in [4.69, 9.17) is 14.5 Å². The van der Waals surface area contributed by atoms with E-state index in [2.05, 4.69) is 25.0 Å². The van der Waals surface area contributed by atoms with Gasteiger partial charge in [0.15, 0.2) is 5.60 Å². The summed E-state index contributed by atoms with van der Waals surface area (Å²) < 4.78 is 12.4. The number of fused-ring (bicyclic) bond motifs is 5. The lowest BCUT2D eigenvalue weighted by atomic mass is 9.86. The van der Waals surface area contributed by atoms with E-state index in [1.165, 1.54) is 0 Å². The van der Waals surface area contributed by atoms with Crippen LogP contribution in [0.15, 0.2) is 35.1 Å². The molecule has 212 valence electrons. The quantitative estimate of drug-likeness (QED) is 0.259. The fraction of sp³-hybridized carbons (Fsp3) is 0.467. The van der Waals surface area contributed by atoms with Crippen LogP contribution in [0.25, 0.3) is 22.3 Å². The van der Waals surface area contributed by atoms with Crippen LogP contribution in [0.5, 0.6) is 0 Å². The SMILES string of the molecule is CC[C@@]1(O)C(=O)OCc2c1cc1n(c2=O)Cc2cc3c([C@@H](C[Si](C)(C)C)NC(=O)OC(C)(C)C)cccc3nc2-1. The van der Waals surface area contributed by atoms with Gasteiger partial charge in [0.25, 0.3) is 5.56 Å². The first kappa shape index (κ1) is 28.0. The van der Waals surface area contributed by atoms with Crippen molar-refractivity contribution >= 4 is 31.0 Å². The van der Waals surface area contributed by atoms with Gasteiger partial charge < -0.3 is 24.5 Å². The minimum absolute atomic E-state index is 0.0895. The van der Waals surface area contributed by atoms with Crippen LogP contribution in [-0.2, 0) is 33.0 Å². The standard InChI is InChI=1S/C30H37N3O6Si/c1-8-30(37)21-13-24-25-17(14-33(24)26(34)20(21)15-38-27(30)35)12-19-18(10-9-11-22(19)31-25)23(16-40(5,6)7)32-28(36)39-29(2,3)4/h9-13,23,37H,8,14-16H2,1-7H3,(H,32,36)/t23-,30+/m1/s1. The van der Waals surface area contributed by atoms with Crippen LogP contribution < -0.4 is 10.9 Å². The van der Waals surface area contributed by atoms with Crippen molar-refractivity contribution in [2.75, 3.05) is 0 Å². The van der Waals surface area contributed by atoms with E-state index in [1.807, 2.05) is 45.0 Å². The normalized spacial score (nSPS) is 18.9. The van der Waals surface area contributed by atoms with Gasteiger partial charge in [0.05, 0.1) is 35.1 Å². The molecule has 0 unspecified atom stereocenters. The summed E-state index contributed by atoms with van der Waals surface area (Å²) in [5.74, 6) is -0.743. The number of rotatable bonds is 5. The van der Waals surface area contributed by atoms with Gasteiger partial charge in [-0.3, -0.25) is 4.79 Å². The molecular weight excluding hydrogens is 526 g/mol. The van der Waals surface area contributed by atoms with Gasteiger partial charge in [-0.25, -0.2) is 14.6 Å². The largest absolute Gasteiger partial charge is 0.458 e. The third-order valence-electron chi connectivity index (χ3n) is 7.47. The van der Waals surface area contributed by atoms with E-state index in [0.717, 1.165) is 28.1 Å². The highest BCUT2D eigenvalue weighted by molar-refractivity contribution is 6.76. The number of alkyl carbamates (subject to hydrolysis) is 1. The number of esters is 1. The second-order valence-corrected chi connectivity index (χ2v) is 18.5. The number of pyridine rings is 2. The molecule has 5 rings (SSSR count). The van der Waals surface area contributed by atoms with E-state index in [0.29, 0.717) is 29.1 Å². The van der Waals surface area contributed by atoms with Gasteiger partial charge in [0.2, 0.25) is 0 Å². The maximum absolute atomic E-state index is 13.5. The third-order valence-corrected chi connectivity index (χ3v) is 9.10. The van der Waals surface area contributed by atoms with Crippen molar-refractivity contribution < 1.29 is 24.2 Å². The van der Waals surface area contributed by atoms with Crippen LogP contribution >= 0.6 is 0 Å². The molecule has 2 aliphatic rings. The summed E-state index contributed by atoms with van der Waals surface area (Å²) in [6.07, 6.45) is -0.377. The van der Waals surface area contributed by atoms with Gasteiger partial charge in [-0.15, -0.1) is 0 Å². The number of amides is 1. The Bertz CT molecular complexity index is 1600. The first-order valence-electron chi connectivity index (χ1n) is 13.7. The van der Waals surface area contributed by atoms with E-state index < -0.39 is 31.3 Å². The van der Waals surface area contributed by atoms with Crippen molar-refractivity contribution in [2.45, 2.75) is 90.2 Å². The average Bonchev–Trinajstić information content (AvgIpc) is 3.20. The Morgan fingerprint density at radius 1 is 1.25 bits per heavy atom. The summed E-state index contributed by atoms with van der Waals surface area (Å²) in [7, 11) is -1.63. The average molecular weight is 564 g/mol. The molecule has 0 saturated heterocycles. The number of ether oxygens (including phenoxy) is 2. The minimum atomic E-state index is -1.87. The Morgan fingerprint density at radius 3 is 2.62 bits per heavy atom. The molecular formula is C30H37N3O6Si. The highest BCUT2D eigenvalue weighted by Crippen LogP contribution is 2.40. The number of cyclic esters (lactones) is 1. The van der Waals surface area contributed by atoms with Gasteiger partial charge in [0, 0.05) is 24.6 Å². The van der Waals surface area contributed by atoms with Crippen LogP contribution in [0.3, 0.4) is 0 Å². The smallest absolute Gasteiger partial charge is 0.408 e. The van der Waals surface area contributed by atoms with E-state index in [9.17, 15) is 19.5 Å². The van der Waals surface area contributed by atoms with Crippen LogP contribution in [0.1, 0.15) is 62.4 Å². The minimum Gasteiger partial charge on any atom is -0.458 e. The maximum atomic E-state index is 13.5. The number of hydrogen-bond donors (Lipinski definition) is 2. The summed E-state index contributed by atoms with van der Waals surface area (Å²) in [5.41, 5.74) is 1.55. The predicted octanol–water partition coefficient (Wildman–Crippen LogP) is 4.98. The van der Waals surface area contributed by atoms with Gasteiger partial charge in [-0.1, -0.05) is 38.7 Å². The lowest BCUT2D eigenvalue weighted by Crippen LogP contribution is -2.44. The molecule has 3 aromatic rings. The molecule has 1 aromatic carbocycles. The molecule has 0 radical (unpaired) electrons. The molecule has 10 heteroatoms. The highest BCUT2D eigenvalue weighted by Gasteiger charge is 2.45. The summed E-state index contributed by atoms with van der Waals surface area (Å²) in [6.45, 7) is 14.1. The molecule has 0 aliphatic carbocycles. The first-order valence-corrected chi connectivity index (χ1v) is 17.4. The van der Waals surface area contributed by atoms with Crippen molar-refractivity contribution in [1.82, 2.24) is 14.9 Å². The van der Waals surface area contributed by atoms with Crippen molar-refractivity contribution in [3.05, 3.63) is 62.9 Å². The van der Waals surface area contributed by atoms with Gasteiger partial charge in [-0.05, 0) is 57.0 Å². The highest BCUT2D eigenvalue weighted by atomic mass is 28.3. The summed E-state index contributed by atoms with van der Waals surface area (Å²) in [6, 6.07) is 10.1. The molecule has 0 spiro atoms. The monoisotopic (exact) mass is 563 g/mol. The molecule has 0 bridgehead atoms. The van der Waals surface area contributed by atoms with Crippen molar-refractivity contribution in [3.8, 4) is 11.4 Å². The number of nitrogens with zero attached hydrogens (tertiary/aromatic N) is 2. The molecule has 1 amide bonds. The molecule has 0 fully saturated rings. The predicted molar refractivity (Wildman–Crippen MR) is 155 cm³/mol. The van der Waals surface area contributed by atoms with Crippen LogP contribution in [0, 0.1) is 0 Å². The molecule has 2 atom stereocenters. The zero-order valence-corrected chi connectivity index (χ0v) is 25.2. The summed E-state index contributed by atoms with van der Waals surface area (Å²) >= 11 is 0. The number of aromatic nitrogens is 2. The Balaban J connectivity index is 1.62. The Hall–Kier alpha value is -3.50. The number of carbonyl (C=O) groups is 2. The lowest BCUT2D eigenvalue weighted by Gasteiger charge is -2.31. The van der Waals surface area contributed by atoms with E-state index in [1.54, 1.807) is 17.6 Å². The zero-order valence-electron chi connectivity index (χ0n) is 24.2. The Labute approximate surface area is 234 Å². The molecule has 4 heterocycles. The molecule has 0 saturated carbocycles. The van der Waals surface area contributed by atoms with Crippen LogP contribution in [0.2, 0.25) is 25.7 Å². The Kier molecular flexibility index (Phi) is 6.70. The van der Waals surface area contributed by atoms with Gasteiger partial charge >= 0.3 is 12.1 Å². The number of aliphatic hydroxyl groups is 1. The molecule has 2 N–H and O–H groups in total. The summed E-state index contributed by atoms with van der Waals surface area (Å²) in [5, 5.41) is 15.1. The lowest BCUT2D eigenvalue weighted by molar-refractivity contribution is -0.172. The fourth-order valence-corrected chi connectivity index (χ4v) is 7.18. The van der Waals surface area contributed by atoms with E-state index >= 15 is 0 Å². The number of hydrogen-bond acceptors (Lipinski definition) is 7. The molecule has 2 aliphatic heterocycles. The topological polar surface area (TPSA) is 120 Å². The van der Waals surface area contributed by atoms with Crippen LogP contribution in [-0.4, -0.2) is 40.4 Å². The maximum Gasteiger partial charge on any atom is 0.408 e.